The topological polar surface area (TPSA) is 38.1 Å². The van der Waals surface area contributed by atoms with Gasteiger partial charge in [-0.3, -0.25) is 0 Å². The largest absolute Gasteiger partial charge is 0.440 e. The quantitative estimate of drug-likeness (QED) is 0.763. The van der Waals surface area contributed by atoms with Crippen LogP contribution in [0, 0.1) is 0 Å². The summed E-state index contributed by atoms with van der Waals surface area (Å²) in [5.74, 6) is 1.45. The third-order valence-corrected chi connectivity index (χ3v) is 2.87. The fourth-order valence-electron chi connectivity index (χ4n) is 1.62. The Labute approximate surface area is 107 Å². The van der Waals surface area contributed by atoms with Gasteiger partial charge in [0.2, 0.25) is 0 Å². The van der Waals surface area contributed by atoms with Crippen LogP contribution in [0.3, 0.4) is 0 Å². The average molecular weight is 289 g/mol. The minimum atomic E-state index is 0.695. The Balaban J connectivity index is 1.92. The maximum atomic E-state index is 5.64. The molecule has 0 aliphatic carbocycles. The molecule has 0 bridgehead atoms. The van der Waals surface area contributed by atoms with Gasteiger partial charge in [0.05, 0.1) is 0 Å². The molecule has 0 fully saturated rings. The van der Waals surface area contributed by atoms with Crippen LogP contribution in [0.5, 0.6) is 0 Å². The lowest BCUT2D eigenvalue weighted by Gasteiger charge is -2.00. The molecule has 0 spiro atoms. The van der Waals surface area contributed by atoms with Crippen LogP contribution in [0.2, 0.25) is 0 Å². The summed E-state index contributed by atoms with van der Waals surface area (Å²) in [7, 11) is 0. The van der Waals surface area contributed by atoms with Crippen LogP contribution in [0.1, 0.15) is 0 Å². The second kappa shape index (κ2) is 4.22. The predicted molar refractivity (Wildman–Crippen MR) is 71.4 cm³/mol. The number of pyridine rings is 1. The Hall–Kier alpha value is -1.81. The average Bonchev–Trinajstić information content (AvgIpc) is 2.74. The molecule has 3 aromatic rings. The van der Waals surface area contributed by atoms with E-state index in [2.05, 4.69) is 26.2 Å². The summed E-state index contributed by atoms with van der Waals surface area (Å²) < 4.78 is 6.59. The van der Waals surface area contributed by atoms with Crippen molar-refractivity contribution in [2.24, 2.45) is 0 Å². The van der Waals surface area contributed by atoms with E-state index in [4.69, 9.17) is 4.42 Å². The molecule has 2 heterocycles. The van der Waals surface area contributed by atoms with Gasteiger partial charge in [0.15, 0.2) is 5.88 Å². The smallest absolute Gasteiger partial charge is 0.199 e. The van der Waals surface area contributed by atoms with Crippen molar-refractivity contribution in [1.29, 1.82) is 0 Å². The molecular formula is C13H9BrN2O. The molecule has 1 N–H and O–H groups in total. The Morgan fingerprint density at radius 2 is 2.00 bits per heavy atom. The van der Waals surface area contributed by atoms with Crippen molar-refractivity contribution in [2.45, 2.75) is 0 Å². The van der Waals surface area contributed by atoms with Gasteiger partial charge in [-0.15, -0.1) is 0 Å². The highest BCUT2D eigenvalue weighted by molar-refractivity contribution is 9.10. The summed E-state index contributed by atoms with van der Waals surface area (Å²) in [6.45, 7) is 0. The number of anilines is 2. The molecule has 17 heavy (non-hydrogen) atoms. The SMILES string of the molecule is Brc1ccc(Nc2cc3ccccc3o2)nc1. The molecule has 1 aromatic carbocycles. The number of aromatic nitrogens is 1. The highest BCUT2D eigenvalue weighted by Crippen LogP contribution is 2.25. The van der Waals surface area contributed by atoms with Crippen LogP contribution in [-0.4, -0.2) is 4.98 Å². The lowest BCUT2D eigenvalue weighted by atomic mass is 10.3. The van der Waals surface area contributed by atoms with Crippen LogP contribution in [0.25, 0.3) is 11.0 Å². The van der Waals surface area contributed by atoms with Crippen LogP contribution in [-0.2, 0) is 0 Å². The van der Waals surface area contributed by atoms with Gasteiger partial charge >= 0.3 is 0 Å². The van der Waals surface area contributed by atoms with Gasteiger partial charge in [-0.05, 0) is 34.1 Å². The molecule has 84 valence electrons. The number of furan rings is 1. The second-order valence-corrected chi connectivity index (χ2v) is 4.55. The van der Waals surface area contributed by atoms with Crippen LogP contribution < -0.4 is 5.32 Å². The van der Waals surface area contributed by atoms with Gasteiger partial charge in [-0.1, -0.05) is 18.2 Å². The Kier molecular flexibility index (Phi) is 2.57. The molecule has 0 atom stereocenters. The number of benzene rings is 1. The molecule has 4 heteroatoms. The van der Waals surface area contributed by atoms with Crippen molar-refractivity contribution in [3.05, 3.63) is 53.1 Å². The standard InChI is InChI=1S/C13H9BrN2O/c14-10-5-6-12(15-8-10)16-13-7-9-3-1-2-4-11(9)17-13/h1-8H,(H,15,16). The first-order valence-corrected chi connectivity index (χ1v) is 5.98. The van der Waals surface area contributed by atoms with E-state index < -0.39 is 0 Å². The van der Waals surface area contributed by atoms with Crippen molar-refractivity contribution in [3.63, 3.8) is 0 Å². The Morgan fingerprint density at radius 1 is 1.12 bits per heavy atom. The van der Waals surface area contributed by atoms with E-state index in [0.29, 0.717) is 5.88 Å². The number of fused-ring (bicyclic) bond motifs is 1. The van der Waals surface area contributed by atoms with Gasteiger partial charge in [-0.25, -0.2) is 4.98 Å². The molecule has 3 nitrogen and oxygen atoms in total. The molecule has 0 unspecified atom stereocenters. The van der Waals surface area contributed by atoms with Crippen molar-refractivity contribution < 1.29 is 4.42 Å². The summed E-state index contributed by atoms with van der Waals surface area (Å²) in [5.41, 5.74) is 0.868. The lowest BCUT2D eigenvalue weighted by Crippen LogP contribution is -1.90. The first-order valence-electron chi connectivity index (χ1n) is 5.18. The van der Waals surface area contributed by atoms with E-state index in [1.54, 1.807) is 6.20 Å². The lowest BCUT2D eigenvalue weighted by molar-refractivity contribution is 0.634. The van der Waals surface area contributed by atoms with Gasteiger partial charge in [0, 0.05) is 22.1 Å². The van der Waals surface area contributed by atoms with E-state index in [-0.39, 0.29) is 0 Å². The molecule has 0 aliphatic rings. The molecule has 3 rings (SSSR count). The van der Waals surface area contributed by atoms with Gasteiger partial charge in [0.1, 0.15) is 11.4 Å². The molecule has 2 aromatic heterocycles. The predicted octanol–water partition coefficient (Wildman–Crippen LogP) is 4.33. The van der Waals surface area contributed by atoms with Gasteiger partial charge in [0.25, 0.3) is 0 Å². The van der Waals surface area contributed by atoms with E-state index in [0.717, 1.165) is 21.3 Å². The van der Waals surface area contributed by atoms with Crippen molar-refractivity contribution in [3.8, 4) is 0 Å². The number of hydrogen-bond acceptors (Lipinski definition) is 3. The fraction of sp³-hybridized carbons (Fsp3) is 0. The van der Waals surface area contributed by atoms with E-state index in [1.807, 2.05) is 42.5 Å². The Morgan fingerprint density at radius 3 is 2.76 bits per heavy atom. The van der Waals surface area contributed by atoms with E-state index >= 15 is 0 Å². The normalized spacial score (nSPS) is 10.6. The minimum Gasteiger partial charge on any atom is -0.440 e. The summed E-state index contributed by atoms with van der Waals surface area (Å²) >= 11 is 3.35. The molecule has 0 saturated heterocycles. The maximum absolute atomic E-state index is 5.64. The molecule has 0 aliphatic heterocycles. The third kappa shape index (κ3) is 2.17. The summed E-state index contributed by atoms with van der Waals surface area (Å²) in [6.07, 6.45) is 1.74. The van der Waals surface area contributed by atoms with Crippen molar-refractivity contribution >= 4 is 38.6 Å². The zero-order chi connectivity index (χ0) is 11.7. The molecule has 0 amide bonds. The van der Waals surface area contributed by atoms with E-state index in [9.17, 15) is 0 Å². The monoisotopic (exact) mass is 288 g/mol. The maximum Gasteiger partial charge on any atom is 0.199 e. The Bertz CT molecular complexity index is 613. The summed E-state index contributed by atoms with van der Waals surface area (Å²) in [4.78, 5) is 4.23. The van der Waals surface area contributed by atoms with Crippen molar-refractivity contribution in [1.82, 2.24) is 4.98 Å². The van der Waals surface area contributed by atoms with Crippen molar-refractivity contribution in [2.75, 3.05) is 5.32 Å². The third-order valence-electron chi connectivity index (χ3n) is 2.40. The first kappa shape index (κ1) is 10.4. The number of hydrogen-bond donors (Lipinski definition) is 1. The highest BCUT2D eigenvalue weighted by atomic mass is 79.9. The van der Waals surface area contributed by atoms with Gasteiger partial charge in [-0.2, -0.15) is 0 Å². The van der Waals surface area contributed by atoms with Crippen LogP contribution >= 0.6 is 15.9 Å². The molecule has 0 radical (unpaired) electrons. The number of rotatable bonds is 2. The fourth-order valence-corrected chi connectivity index (χ4v) is 1.85. The summed E-state index contributed by atoms with van der Waals surface area (Å²) in [5, 5.41) is 4.20. The number of nitrogens with zero attached hydrogens (tertiary/aromatic N) is 1. The zero-order valence-electron chi connectivity index (χ0n) is 8.85. The number of halogens is 1. The number of para-hydroxylation sites is 1. The summed E-state index contributed by atoms with van der Waals surface area (Å²) in [6, 6.07) is 13.7. The van der Waals surface area contributed by atoms with Gasteiger partial charge < -0.3 is 9.73 Å². The number of nitrogens with one attached hydrogen (secondary N) is 1. The highest BCUT2D eigenvalue weighted by Gasteiger charge is 2.03. The minimum absolute atomic E-state index is 0.695. The first-order chi connectivity index (χ1) is 8.31. The molecule has 0 saturated carbocycles. The zero-order valence-corrected chi connectivity index (χ0v) is 10.4. The van der Waals surface area contributed by atoms with E-state index in [1.165, 1.54) is 0 Å². The van der Waals surface area contributed by atoms with Crippen LogP contribution in [0.4, 0.5) is 11.7 Å². The second-order valence-electron chi connectivity index (χ2n) is 3.64. The van der Waals surface area contributed by atoms with Crippen LogP contribution in [0.15, 0.2) is 57.6 Å². The molecular weight excluding hydrogens is 280 g/mol.